The predicted molar refractivity (Wildman–Crippen MR) is 83.4 cm³/mol. The lowest BCUT2D eigenvalue weighted by molar-refractivity contribution is -0.672. The summed E-state index contributed by atoms with van der Waals surface area (Å²) in [6.07, 6.45) is 0.343. The van der Waals surface area contributed by atoms with Gasteiger partial charge in [0.2, 0.25) is 10.5 Å². The van der Waals surface area contributed by atoms with Gasteiger partial charge in [-0.1, -0.05) is 35.6 Å². The Morgan fingerprint density at radius 3 is 2.52 bits per heavy atom. The molecule has 0 fully saturated rings. The molecule has 1 heterocycles. The minimum absolute atomic E-state index is 0.315. The standard InChI is InChI=1S/C15H15NO3S2/c1-11-16(7-4-8-21(17,18)19)14-9-12-5-2-3-6-13(12)10-15(14)20-11/h2-3,5-6,9-10H,4,7-8H2,1H3. The van der Waals surface area contributed by atoms with Crippen LogP contribution in [0.5, 0.6) is 0 Å². The highest BCUT2D eigenvalue weighted by Crippen LogP contribution is 2.26. The summed E-state index contributed by atoms with van der Waals surface area (Å²) in [6, 6.07) is 12.4. The van der Waals surface area contributed by atoms with Crippen LogP contribution in [0.3, 0.4) is 0 Å². The summed E-state index contributed by atoms with van der Waals surface area (Å²) >= 11 is 1.69. The molecule has 6 heteroatoms. The average molecular weight is 321 g/mol. The van der Waals surface area contributed by atoms with Crippen LogP contribution in [-0.4, -0.2) is 18.7 Å². The first-order valence-corrected chi connectivity index (χ1v) is 9.09. The Morgan fingerprint density at radius 2 is 1.86 bits per heavy atom. The number of thiazole rings is 1. The maximum atomic E-state index is 10.7. The van der Waals surface area contributed by atoms with Crippen LogP contribution >= 0.6 is 11.3 Å². The molecule has 0 aliphatic heterocycles. The molecule has 0 radical (unpaired) electrons. The molecule has 3 aromatic rings. The molecule has 0 spiro atoms. The van der Waals surface area contributed by atoms with E-state index in [9.17, 15) is 13.0 Å². The van der Waals surface area contributed by atoms with E-state index in [2.05, 4.69) is 28.8 Å². The maximum absolute atomic E-state index is 10.7. The van der Waals surface area contributed by atoms with Crippen molar-refractivity contribution in [1.82, 2.24) is 0 Å². The number of nitrogens with zero attached hydrogens (tertiary/aromatic N) is 1. The number of fused-ring (bicyclic) bond motifs is 2. The first kappa shape index (κ1) is 14.4. The van der Waals surface area contributed by atoms with Crippen molar-refractivity contribution in [2.75, 3.05) is 5.75 Å². The van der Waals surface area contributed by atoms with Gasteiger partial charge in [-0.05, 0) is 16.8 Å². The summed E-state index contributed by atoms with van der Waals surface area (Å²) in [5.74, 6) is -0.315. The van der Waals surface area contributed by atoms with Crippen molar-refractivity contribution >= 4 is 42.4 Å². The number of aromatic nitrogens is 1. The highest BCUT2D eigenvalue weighted by molar-refractivity contribution is 7.85. The van der Waals surface area contributed by atoms with Gasteiger partial charge in [0.25, 0.3) is 0 Å². The Bertz CT molecular complexity index is 913. The number of benzene rings is 2. The Balaban J connectivity index is 2.01. The number of rotatable bonds is 4. The minimum atomic E-state index is -4.14. The van der Waals surface area contributed by atoms with Gasteiger partial charge >= 0.3 is 0 Å². The van der Waals surface area contributed by atoms with E-state index in [1.807, 2.05) is 19.1 Å². The Morgan fingerprint density at radius 1 is 1.19 bits per heavy atom. The molecule has 0 bridgehead atoms. The van der Waals surface area contributed by atoms with E-state index >= 15 is 0 Å². The zero-order valence-electron chi connectivity index (χ0n) is 11.6. The van der Waals surface area contributed by atoms with Crippen molar-refractivity contribution in [1.29, 1.82) is 0 Å². The minimum Gasteiger partial charge on any atom is -0.748 e. The molecule has 0 atom stereocenters. The Hall–Kier alpha value is -1.50. The summed E-state index contributed by atoms with van der Waals surface area (Å²) in [5.41, 5.74) is 1.10. The van der Waals surface area contributed by atoms with Crippen molar-refractivity contribution in [3.63, 3.8) is 0 Å². The third kappa shape index (κ3) is 3.07. The largest absolute Gasteiger partial charge is 0.748 e. The van der Waals surface area contributed by atoms with Gasteiger partial charge in [-0.25, -0.2) is 8.42 Å². The van der Waals surface area contributed by atoms with Crippen LogP contribution in [0.1, 0.15) is 11.4 Å². The van der Waals surface area contributed by atoms with Crippen molar-refractivity contribution in [3.8, 4) is 0 Å². The van der Waals surface area contributed by atoms with E-state index in [1.165, 1.54) is 10.1 Å². The summed E-state index contributed by atoms with van der Waals surface area (Å²) < 4.78 is 35.4. The highest BCUT2D eigenvalue weighted by atomic mass is 32.2. The van der Waals surface area contributed by atoms with E-state index in [0.717, 1.165) is 15.9 Å². The highest BCUT2D eigenvalue weighted by Gasteiger charge is 2.17. The molecule has 0 N–H and O–H groups in total. The maximum Gasteiger partial charge on any atom is 0.235 e. The van der Waals surface area contributed by atoms with Crippen molar-refractivity contribution in [2.24, 2.45) is 0 Å². The Kier molecular flexibility index (Phi) is 3.69. The van der Waals surface area contributed by atoms with Crippen LogP contribution in [0.15, 0.2) is 36.4 Å². The van der Waals surface area contributed by atoms with Crippen LogP contribution in [-0.2, 0) is 16.7 Å². The second kappa shape index (κ2) is 5.36. The molecular weight excluding hydrogens is 306 g/mol. The molecule has 21 heavy (non-hydrogen) atoms. The van der Waals surface area contributed by atoms with Crippen molar-refractivity contribution < 1.29 is 17.5 Å². The second-order valence-corrected chi connectivity index (χ2v) is 7.81. The SMILES string of the molecule is Cc1sc2cc3ccccc3cc2[n+]1CCCS(=O)(=O)[O-]. The lowest BCUT2D eigenvalue weighted by atomic mass is 10.1. The monoisotopic (exact) mass is 321 g/mol. The van der Waals surface area contributed by atoms with Gasteiger partial charge in [-0.3, -0.25) is 0 Å². The molecule has 0 saturated heterocycles. The first-order chi connectivity index (χ1) is 9.94. The molecule has 110 valence electrons. The molecule has 0 saturated carbocycles. The van der Waals surface area contributed by atoms with Gasteiger partial charge in [0.15, 0.2) is 6.54 Å². The first-order valence-electron chi connectivity index (χ1n) is 6.69. The summed E-state index contributed by atoms with van der Waals surface area (Å²) in [5, 5.41) is 3.47. The lowest BCUT2D eigenvalue weighted by Crippen LogP contribution is -2.35. The smallest absolute Gasteiger partial charge is 0.235 e. The fraction of sp³-hybridized carbons (Fsp3) is 0.267. The molecule has 0 aliphatic carbocycles. The fourth-order valence-electron chi connectivity index (χ4n) is 2.56. The molecule has 0 amide bonds. The second-order valence-electron chi connectivity index (χ2n) is 5.06. The normalized spacial score (nSPS) is 12.3. The van der Waals surface area contributed by atoms with E-state index in [4.69, 9.17) is 0 Å². The topological polar surface area (TPSA) is 61.1 Å². The summed E-state index contributed by atoms with van der Waals surface area (Å²) in [6.45, 7) is 2.56. The van der Waals surface area contributed by atoms with E-state index in [-0.39, 0.29) is 5.75 Å². The predicted octanol–water partition coefficient (Wildman–Crippen LogP) is 2.59. The van der Waals surface area contributed by atoms with Gasteiger partial charge in [-0.15, -0.1) is 0 Å². The van der Waals surface area contributed by atoms with Crippen LogP contribution in [0.4, 0.5) is 0 Å². The van der Waals surface area contributed by atoms with Crippen LogP contribution < -0.4 is 4.57 Å². The van der Waals surface area contributed by atoms with Crippen LogP contribution in [0.25, 0.3) is 21.0 Å². The third-order valence-corrected chi connectivity index (χ3v) is 5.38. The van der Waals surface area contributed by atoms with E-state index < -0.39 is 10.1 Å². The van der Waals surface area contributed by atoms with Crippen LogP contribution in [0, 0.1) is 6.92 Å². The lowest BCUT2D eigenvalue weighted by Gasteiger charge is -2.04. The average Bonchev–Trinajstić information content (AvgIpc) is 2.70. The molecule has 0 unspecified atom stereocenters. The molecule has 4 nitrogen and oxygen atoms in total. The number of hydrogen-bond acceptors (Lipinski definition) is 4. The van der Waals surface area contributed by atoms with Crippen LogP contribution in [0.2, 0.25) is 0 Å². The van der Waals surface area contributed by atoms with Crippen molar-refractivity contribution in [2.45, 2.75) is 19.9 Å². The zero-order chi connectivity index (χ0) is 15.0. The Labute approximate surface area is 127 Å². The summed E-state index contributed by atoms with van der Waals surface area (Å²) in [7, 11) is -4.14. The van der Waals surface area contributed by atoms with E-state index in [0.29, 0.717) is 13.0 Å². The van der Waals surface area contributed by atoms with Gasteiger partial charge in [-0.2, -0.15) is 4.57 Å². The molecular formula is C15H15NO3S2. The van der Waals surface area contributed by atoms with Gasteiger partial charge < -0.3 is 4.55 Å². The van der Waals surface area contributed by atoms with Gasteiger partial charge in [0, 0.05) is 25.2 Å². The van der Waals surface area contributed by atoms with Crippen molar-refractivity contribution in [3.05, 3.63) is 41.4 Å². The number of hydrogen-bond donors (Lipinski definition) is 0. The molecule has 0 aliphatic rings. The molecule has 2 aromatic carbocycles. The zero-order valence-corrected chi connectivity index (χ0v) is 13.2. The fourth-order valence-corrected chi connectivity index (χ4v) is 4.12. The van der Waals surface area contributed by atoms with E-state index in [1.54, 1.807) is 11.3 Å². The quantitative estimate of drug-likeness (QED) is 0.548. The third-order valence-electron chi connectivity index (χ3n) is 3.53. The van der Waals surface area contributed by atoms with Gasteiger partial charge in [0.1, 0.15) is 4.70 Å². The van der Waals surface area contributed by atoms with Gasteiger partial charge in [0.05, 0.1) is 10.1 Å². The number of aryl methyl sites for hydroxylation is 2. The summed E-state index contributed by atoms with van der Waals surface area (Å²) in [4.78, 5) is 0. The molecule has 3 rings (SSSR count). The molecule has 1 aromatic heterocycles.